The first-order valence-corrected chi connectivity index (χ1v) is 0.925. The topological polar surface area (TPSA) is 22.3 Å². The Kier molecular flexibility index (Phi) is 15.9. The van der Waals surface area contributed by atoms with Crippen LogP contribution in [-0.2, 0) is 21.1 Å². The number of nitrogens with zero attached hydrogens (tertiary/aromatic N) is 1. The van der Waals surface area contributed by atoms with Crippen molar-refractivity contribution in [3.05, 3.63) is 18.1 Å². The van der Waals surface area contributed by atoms with Crippen molar-refractivity contribution >= 4 is 6.21 Å². The van der Waals surface area contributed by atoms with Crippen LogP contribution < -0.4 is 0 Å². The molecule has 0 spiro atoms. The van der Waals surface area contributed by atoms with E-state index in [-0.39, 0.29) is 21.1 Å². The van der Waals surface area contributed by atoms with Gasteiger partial charge in [0.15, 0.2) is 0 Å². The van der Waals surface area contributed by atoms with Crippen LogP contribution in [0.4, 0.5) is 0 Å². The number of rotatable bonds is 1. The fourth-order valence-corrected chi connectivity index (χ4v) is 0. The molecule has 5 heavy (non-hydrogen) atoms. The van der Waals surface area contributed by atoms with Crippen LogP contribution in [0.3, 0.4) is 0 Å². The number of hydrogen-bond donors (Lipinski definition) is 0. The normalized spacial score (nSPS) is 4.00. The monoisotopic (exact) mass is 237 g/mol. The molecule has 0 heterocycles. The molecule has 0 aliphatic heterocycles. The molecule has 1 nitrogen and oxygen atoms in total. The molecule has 26 valence electrons. The van der Waals surface area contributed by atoms with Gasteiger partial charge in [-0.1, -0.05) is 0 Å². The molecular weight excluding hydrogens is 234 g/mol. The van der Waals surface area contributed by atoms with Crippen LogP contribution in [-0.4, -0.2) is 6.21 Å². The summed E-state index contributed by atoms with van der Waals surface area (Å²) < 4.78 is 0. The summed E-state index contributed by atoms with van der Waals surface area (Å²) in [6.45, 7) is 4.60. The molecule has 0 rings (SSSR count). The van der Waals surface area contributed by atoms with Gasteiger partial charge in [-0.15, -0.1) is 0 Å². The molecule has 0 amide bonds. The van der Waals surface area contributed by atoms with Gasteiger partial charge >= 0.3 is 21.1 Å². The summed E-state index contributed by atoms with van der Waals surface area (Å²) in [5.74, 6) is 0. The standard InChI is InChI=1S/C3H3N.W/c1-2-3-4;/h1-3H;/q-2;+2. The van der Waals surface area contributed by atoms with E-state index in [9.17, 15) is 0 Å². The smallest absolute Gasteiger partial charge is 0.911 e. The SMILES string of the molecule is [CH-]=CC=[N-].[W+2]. The molecule has 2 heteroatoms. The molecule has 0 unspecified atom stereocenters. The van der Waals surface area contributed by atoms with Gasteiger partial charge in [-0.3, -0.25) is 12.7 Å². The van der Waals surface area contributed by atoms with Crippen molar-refractivity contribution < 1.29 is 21.1 Å². The summed E-state index contributed by atoms with van der Waals surface area (Å²) in [6, 6.07) is 0. The van der Waals surface area contributed by atoms with E-state index in [0.717, 1.165) is 12.3 Å². The minimum atomic E-state index is 0. The zero-order chi connectivity index (χ0) is 3.41. The van der Waals surface area contributed by atoms with Crippen molar-refractivity contribution in [3.63, 3.8) is 0 Å². The van der Waals surface area contributed by atoms with Crippen LogP contribution >= 0.6 is 0 Å². The second kappa shape index (κ2) is 8.94. The molecule has 0 aromatic heterocycles. The van der Waals surface area contributed by atoms with E-state index in [1.807, 2.05) is 0 Å². The van der Waals surface area contributed by atoms with Crippen molar-refractivity contribution in [3.8, 4) is 0 Å². The second-order valence-electron chi connectivity index (χ2n) is 0.342. The summed E-state index contributed by atoms with van der Waals surface area (Å²) in [5, 5.41) is 7.57. The third-order valence-corrected chi connectivity index (χ3v) is 0.0861. The van der Waals surface area contributed by atoms with Crippen molar-refractivity contribution in [2.24, 2.45) is 0 Å². The summed E-state index contributed by atoms with van der Waals surface area (Å²) in [5.41, 5.74) is 0. The first-order valence-electron chi connectivity index (χ1n) is 0.925. The van der Waals surface area contributed by atoms with Crippen LogP contribution in [0.25, 0.3) is 5.41 Å². The molecule has 0 aromatic rings. The second-order valence-corrected chi connectivity index (χ2v) is 0.342. The van der Waals surface area contributed by atoms with Crippen LogP contribution in [0, 0.1) is 6.58 Å². The van der Waals surface area contributed by atoms with Gasteiger partial charge in [-0.25, -0.2) is 0 Å². The number of allylic oxidation sites excluding steroid dienone is 1. The average Bonchev–Trinajstić information content (AvgIpc) is 1.37. The van der Waals surface area contributed by atoms with Crippen LogP contribution in [0.2, 0.25) is 0 Å². The van der Waals surface area contributed by atoms with Gasteiger partial charge in [0, 0.05) is 0 Å². The Morgan fingerprint density at radius 2 is 1.80 bits per heavy atom. The summed E-state index contributed by atoms with van der Waals surface area (Å²) in [4.78, 5) is 0. The Hall–Kier alpha value is 0.0983. The molecule has 0 fully saturated rings. The van der Waals surface area contributed by atoms with E-state index in [4.69, 9.17) is 5.41 Å². The minimum Gasteiger partial charge on any atom is -0.911 e. The molecule has 0 atom stereocenters. The Bertz CT molecular complexity index is 27.9. The predicted octanol–water partition coefficient (Wildman–Crippen LogP) is 0.613. The van der Waals surface area contributed by atoms with Gasteiger partial charge in [-0.05, 0) is 0 Å². The van der Waals surface area contributed by atoms with Crippen molar-refractivity contribution in [1.29, 1.82) is 0 Å². The van der Waals surface area contributed by atoms with E-state index < -0.39 is 0 Å². The van der Waals surface area contributed by atoms with E-state index >= 15 is 0 Å². The van der Waals surface area contributed by atoms with Crippen molar-refractivity contribution in [2.75, 3.05) is 0 Å². The Labute approximate surface area is 45.9 Å². The maximum atomic E-state index is 7.57. The zero-order valence-electron chi connectivity index (χ0n) is 2.59. The predicted molar refractivity (Wildman–Crippen MR) is 18.3 cm³/mol. The molecule has 0 aliphatic rings. The molecule has 0 aliphatic carbocycles. The third-order valence-electron chi connectivity index (χ3n) is 0.0861. The van der Waals surface area contributed by atoms with Crippen LogP contribution in [0.15, 0.2) is 6.08 Å². The quantitative estimate of drug-likeness (QED) is 0.471. The molecule has 0 aromatic carbocycles. The van der Waals surface area contributed by atoms with Gasteiger partial charge in [0.25, 0.3) is 0 Å². The van der Waals surface area contributed by atoms with Gasteiger partial charge < -0.3 is 11.6 Å². The molecule has 0 N–H and O–H groups in total. The largest absolute Gasteiger partial charge is 2.00 e. The molecule has 0 saturated heterocycles. The van der Waals surface area contributed by atoms with Gasteiger partial charge in [-0.2, -0.15) is 0 Å². The number of hydrogen-bond acceptors (Lipinski definition) is 0. The molecule has 0 radical (unpaired) electrons. The van der Waals surface area contributed by atoms with Gasteiger partial charge in [0.05, 0.1) is 0 Å². The first-order chi connectivity index (χ1) is 1.91. The summed E-state index contributed by atoms with van der Waals surface area (Å²) in [7, 11) is 0. The molecule has 0 saturated carbocycles. The average molecular weight is 237 g/mol. The Balaban J connectivity index is 0. The minimum absolute atomic E-state index is 0. The fraction of sp³-hybridized carbons (Fsp3) is 0. The maximum absolute atomic E-state index is 7.57. The van der Waals surface area contributed by atoms with E-state index in [0.29, 0.717) is 0 Å². The van der Waals surface area contributed by atoms with Gasteiger partial charge in [0.2, 0.25) is 0 Å². The van der Waals surface area contributed by atoms with Crippen LogP contribution in [0.5, 0.6) is 0 Å². The summed E-state index contributed by atoms with van der Waals surface area (Å²) >= 11 is 0. The fourth-order valence-electron chi connectivity index (χ4n) is 0. The summed E-state index contributed by atoms with van der Waals surface area (Å²) in [6.07, 6.45) is 1.83. The van der Waals surface area contributed by atoms with Crippen molar-refractivity contribution in [1.82, 2.24) is 0 Å². The van der Waals surface area contributed by atoms with E-state index in [2.05, 4.69) is 6.58 Å². The molecule has 0 bridgehead atoms. The van der Waals surface area contributed by atoms with Crippen molar-refractivity contribution in [2.45, 2.75) is 0 Å². The first kappa shape index (κ1) is 8.92. The third kappa shape index (κ3) is 15.0. The molecular formula is C3H3NW. The zero-order valence-corrected chi connectivity index (χ0v) is 5.52. The van der Waals surface area contributed by atoms with Gasteiger partial charge in [0.1, 0.15) is 0 Å². The van der Waals surface area contributed by atoms with Crippen LogP contribution in [0.1, 0.15) is 0 Å². The maximum Gasteiger partial charge on any atom is 2.00 e. The van der Waals surface area contributed by atoms with E-state index in [1.165, 1.54) is 0 Å². The Morgan fingerprint density at radius 3 is 1.80 bits per heavy atom. The van der Waals surface area contributed by atoms with E-state index in [1.54, 1.807) is 0 Å². The Morgan fingerprint density at radius 1 is 1.60 bits per heavy atom.